The summed E-state index contributed by atoms with van der Waals surface area (Å²) in [5, 5.41) is 0. The van der Waals surface area contributed by atoms with Crippen LogP contribution in [0.2, 0.25) is 0 Å². The van der Waals surface area contributed by atoms with E-state index in [1.165, 1.54) is 12.1 Å². The molecule has 0 unspecified atom stereocenters. The summed E-state index contributed by atoms with van der Waals surface area (Å²) in [6.07, 6.45) is 1.75. The van der Waals surface area contributed by atoms with Crippen molar-refractivity contribution in [1.29, 1.82) is 0 Å². The number of amides is 1. The lowest BCUT2D eigenvalue weighted by molar-refractivity contribution is 0.0785. The molecule has 0 radical (unpaired) electrons. The Kier molecular flexibility index (Phi) is 4.69. The molecule has 0 aromatic heterocycles. The number of nitrogens with zero attached hydrogens (tertiary/aromatic N) is 1. The van der Waals surface area contributed by atoms with Crippen LogP contribution in [0.15, 0.2) is 59.5 Å². The zero-order valence-electron chi connectivity index (χ0n) is 13.5. The average Bonchev–Trinajstić information content (AvgIpc) is 3.38. The van der Waals surface area contributed by atoms with Gasteiger partial charge in [0.25, 0.3) is 5.91 Å². The maximum absolute atomic E-state index is 12.6. The summed E-state index contributed by atoms with van der Waals surface area (Å²) >= 11 is 0. The molecule has 0 aliphatic heterocycles. The van der Waals surface area contributed by atoms with Gasteiger partial charge in [-0.25, -0.2) is 13.1 Å². The molecular formula is C18H20N2O3S. The fourth-order valence-electron chi connectivity index (χ4n) is 2.43. The average molecular weight is 344 g/mol. The van der Waals surface area contributed by atoms with Gasteiger partial charge in [-0.3, -0.25) is 4.79 Å². The third-order valence-electron chi connectivity index (χ3n) is 3.90. The van der Waals surface area contributed by atoms with E-state index in [1.807, 2.05) is 30.3 Å². The van der Waals surface area contributed by atoms with Crippen LogP contribution in [0.25, 0.3) is 0 Å². The topological polar surface area (TPSA) is 66.5 Å². The second-order valence-corrected chi connectivity index (χ2v) is 7.78. The van der Waals surface area contributed by atoms with Crippen LogP contribution < -0.4 is 4.72 Å². The molecule has 0 saturated heterocycles. The van der Waals surface area contributed by atoms with Gasteiger partial charge in [-0.1, -0.05) is 36.4 Å². The van der Waals surface area contributed by atoms with Gasteiger partial charge in [0.15, 0.2) is 0 Å². The minimum absolute atomic E-state index is 0.0371. The number of hydrogen-bond donors (Lipinski definition) is 1. The summed E-state index contributed by atoms with van der Waals surface area (Å²) in [4.78, 5) is 14.3. The molecule has 2 aromatic carbocycles. The van der Waals surface area contributed by atoms with Crippen LogP contribution in [-0.4, -0.2) is 32.3 Å². The third kappa shape index (κ3) is 4.01. The van der Waals surface area contributed by atoms with Crippen LogP contribution in [0, 0.1) is 0 Å². The molecule has 6 heteroatoms. The maximum atomic E-state index is 12.6. The predicted octanol–water partition coefficient (Wildman–Crippen LogP) is 2.40. The number of sulfonamides is 1. The lowest BCUT2D eigenvalue weighted by atomic mass is 10.1. The molecule has 1 aliphatic carbocycles. The Hall–Kier alpha value is -2.18. The molecule has 0 spiro atoms. The van der Waals surface area contributed by atoms with Crippen LogP contribution in [-0.2, 0) is 16.6 Å². The zero-order chi connectivity index (χ0) is 17.2. The first-order valence-corrected chi connectivity index (χ1v) is 9.36. The Morgan fingerprint density at radius 1 is 1.12 bits per heavy atom. The van der Waals surface area contributed by atoms with Gasteiger partial charge < -0.3 is 4.90 Å². The van der Waals surface area contributed by atoms with Crippen LogP contribution >= 0.6 is 0 Å². The highest BCUT2D eigenvalue weighted by Gasteiger charge is 2.28. The molecule has 1 aliphatic rings. The van der Waals surface area contributed by atoms with Crippen LogP contribution in [0.3, 0.4) is 0 Å². The maximum Gasteiger partial charge on any atom is 0.253 e. The fourth-order valence-corrected chi connectivity index (χ4v) is 3.78. The van der Waals surface area contributed by atoms with Gasteiger partial charge in [-0.15, -0.1) is 0 Å². The normalized spacial score (nSPS) is 14.4. The highest BCUT2D eigenvalue weighted by Crippen LogP contribution is 2.22. The van der Waals surface area contributed by atoms with Crippen molar-refractivity contribution in [3.63, 3.8) is 0 Å². The molecule has 0 heterocycles. The number of carbonyl (C=O) groups is 1. The summed E-state index contributed by atoms with van der Waals surface area (Å²) in [6.45, 7) is 0.469. The van der Waals surface area contributed by atoms with Gasteiger partial charge in [0.05, 0.1) is 4.90 Å². The van der Waals surface area contributed by atoms with Gasteiger partial charge in [0, 0.05) is 25.2 Å². The second kappa shape index (κ2) is 6.75. The molecule has 0 atom stereocenters. The second-order valence-electron chi connectivity index (χ2n) is 6.07. The zero-order valence-corrected chi connectivity index (χ0v) is 14.3. The quantitative estimate of drug-likeness (QED) is 0.875. The summed E-state index contributed by atoms with van der Waals surface area (Å²) in [6, 6.07) is 15.9. The lowest BCUT2D eigenvalue weighted by Gasteiger charge is -2.18. The molecule has 3 rings (SSSR count). The van der Waals surface area contributed by atoms with Crippen LogP contribution in [0.1, 0.15) is 28.8 Å². The first-order valence-electron chi connectivity index (χ1n) is 7.87. The first-order chi connectivity index (χ1) is 11.5. The smallest absolute Gasteiger partial charge is 0.253 e. The van der Waals surface area contributed by atoms with E-state index in [1.54, 1.807) is 24.1 Å². The highest BCUT2D eigenvalue weighted by atomic mass is 32.2. The van der Waals surface area contributed by atoms with E-state index in [9.17, 15) is 13.2 Å². The van der Waals surface area contributed by atoms with Crippen molar-refractivity contribution in [2.24, 2.45) is 0 Å². The van der Waals surface area contributed by atoms with E-state index < -0.39 is 10.0 Å². The van der Waals surface area contributed by atoms with Gasteiger partial charge >= 0.3 is 0 Å². The van der Waals surface area contributed by atoms with Crippen molar-refractivity contribution in [1.82, 2.24) is 9.62 Å². The summed E-state index contributed by atoms with van der Waals surface area (Å²) in [5.74, 6) is -0.206. The Balaban J connectivity index is 1.76. The molecule has 1 amide bonds. The Bertz CT molecular complexity index is 830. The molecule has 2 aromatic rings. The van der Waals surface area contributed by atoms with Crippen molar-refractivity contribution in [2.45, 2.75) is 30.3 Å². The molecule has 1 fully saturated rings. The number of hydrogen-bond acceptors (Lipinski definition) is 3. The monoisotopic (exact) mass is 344 g/mol. The minimum Gasteiger partial charge on any atom is -0.337 e. The van der Waals surface area contributed by atoms with E-state index in [0.29, 0.717) is 12.1 Å². The summed E-state index contributed by atoms with van der Waals surface area (Å²) < 4.78 is 27.2. The van der Waals surface area contributed by atoms with Gasteiger partial charge in [0.2, 0.25) is 10.0 Å². The van der Waals surface area contributed by atoms with Crippen molar-refractivity contribution in [3.8, 4) is 0 Å². The first kappa shape index (κ1) is 16.7. The summed E-state index contributed by atoms with van der Waals surface area (Å²) in [7, 11) is -1.85. The third-order valence-corrected chi connectivity index (χ3v) is 5.42. The number of nitrogens with one attached hydrogen (secondary N) is 1. The van der Waals surface area contributed by atoms with E-state index >= 15 is 0 Å². The largest absolute Gasteiger partial charge is 0.337 e. The number of rotatable bonds is 6. The Labute approximate surface area is 142 Å². The van der Waals surface area contributed by atoms with Crippen molar-refractivity contribution in [3.05, 3.63) is 65.7 Å². The highest BCUT2D eigenvalue weighted by molar-refractivity contribution is 7.89. The molecular weight excluding hydrogens is 324 g/mol. The number of benzene rings is 2. The van der Waals surface area contributed by atoms with E-state index in [-0.39, 0.29) is 16.8 Å². The van der Waals surface area contributed by atoms with E-state index in [2.05, 4.69) is 4.72 Å². The number of carbonyl (C=O) groups excluding carboxylic acids is 1. The molecule has 126 valence electrons. The fraction of sp³-hybridized carbons (Fsp3) is 0.278. The summed E-state index contributed by atoms with van der Waals surface area (Å²) in [5.41, 5.74) is 1.39. The van der Waals surface area contributed by atoms with Crippen LogP contribution in [0.5, 0.6) is 0 Å². The van der Waals surface area contributed by atoms with E-state index in [4.69, 9.17) is 0 Å². The standard InChI is InChI=1S/C18H20N2O3S/c1-20(13-14-6-3-2-4-7-14)18(21)15-8-5-9-17(12-15)24(22,23)19-16-10-11-16/h2-9,12,16,19H,10-11,13H2,1H3. The van der Waals surface area contributed by atoms with Crippen LogP contribution in [0.4, 0.5) is 0 Å². The Morgan fingerprint density at radius 2 is 1.83 bits per heavy atom. The van der Waals surface area contributed by atoms with Gasteiger partial charge in [-0.05, 0) is 36.6 Å². The van der Waals surface area contributed by atoms with Crippen molar-refractivity contribution >= 4 is 15.9 Å². The minimum atomic E-state index is -3.56. The van der Waals surface area contributed by atoms with Crippen molar-refractivity contribution in [2.75, 3.05) is 7.05 Å². The molecule has 0 bridgehead atoms. The van der Waals surface area contributed by atoms with Crippen molar-refractivity contribution < 1.29 is 13.2 Å². The van der Waals surface area contributed by atoms with Gasteiger partial charge in [-0.2, -0.15) is 0 Å². The van der Waals surface area contributed by atoms with Gasteiger partial charge in [0.1, 0.15) is 0 Å². The Morgan fingerprint density at radius 3 is 2.50 bits per heavy atom. The lowest BCUT2D eigenvalue weighted by Crippen LogP contribution is -2.28. The molecule has 1 saturated carbocycles. The van der Waals surface area contributed by atoms with E-state index in [0.717, 1.165) is 18.4 Å². The predicted molar refractivity (Wildman–Crippen MR) is 92.0 cm³/mol. The SMILES string of the molecule is CN(Cc1ccccc1)C(=O)c1cccc(S(=O)(=O)NC2CC2)c1. The molecule has 24 heavy (non-hydrogen) atoms. The molecule has 1 N–H and O–H groups in total. The molecule has 5 nitrogen and oxygen atoms in total.